The molecule has 0 amide bonds. The molecule has 0 radical (unpaired) electrons. The minimum absolute atomic E-state index is 0.0380. The van der Waals surface area contributed by atoms with Crippen LogP contribution >= 0.6 is 0 Å². The highest BCUT2D eigenvalue weighted by Crippen LogP contribution is 2.25. The van der Waals surface area contributed by atoms with Gasteiger partial charge < -0.3 is 4.74 Å². The van der Waals surface area contributed by atoms with Gasteiger partial charge in [-0.3, -0.25) is 4.79 Å². The van der Waals surface area contributed by atoms with Gasteiger partial charge in [-0.05, 0) is 19.8 Å². The number of cyclic esters (lactones) is 1. The summed E-state index contributed by atoms with van der Waals surface area (Å²) in [6, 6.07) is 0. The standard InChI is InChI=1S/C13H24O2/c1-3-4-5-6-7-8-9-12-10-11(2)15-13(12)14/h11-12H,3-10H2,1-2H3/t11?,12-/m1/s1. The molecule has 0 aromatic rings. The van der Waals surface area contributed by atoms with Crippen molar-refractivity contribution in [2.24, 2.45) is 5.92 Å². The molecule has 0 spiro atoms. The predicted molar refractivity (Wildman–Crippen MR) is 61.7 cm³/mol. The monoisotopic (exact) mass is 212 g/mol. The Labute approximate surface area is 93.4 Å². The Kier molecular flexibility index (Phi) is 5.74. The predicted octanol–water partition coefficient (Wildman–Crippen LogP) is 3.69. The summed E-state index contributed by atoms with van der Waals surface area (Å²) < 4.78 is 5.13. The molecule has 1 unspecified atom stereocenters. The number of carbonyl (C=O) groups excluding carboxylic acids is 1. The molecule has 15 heavy (non-hydrogen) atoms. The summed E-state index contributed by atoms with van der Waals surface area (Å²) in [5.74, 6) is 0.238. The summed E-state index contributed by atoms with van der Waals surface area (Å²) in [6.07, 6.45) is 9.92. The normalized spacial score (nSPS) is 25.6. The van der Waals surface area contributed by atoms with E-state index in [9.17, 15) is 4.79 Å². The van der Waals surface area contributed by atoms with Gasteiger partial charge in [0.25, 0.3) is 0 Å². The van der Waals surface area contributed by atoms with Gasteiger partial charge in [0.15, 0.2) is 0 Å². The Hall–Kier alpha value is -0.530. The van der Waals surface area contributed by atoms with Gasteiger partial charge in [-0.15, -0.1) is 0 Å². The number of hydrogen-bond acceptors (Lipinski definition) is 2. The molecule has 2 nitrogen and oxygen atoms in total. The third-order valence-corrected chi connectivity index (χ3v) is 3.17. The molecule has 2 atom stereocenters. The lowest BCUT2D eigenvalue weighted by atomic mass is 9.97. The number of rotatable bonds is 7. The number of unbranched alkanes of at least 4 members (excludes halogenated alkanes) is 5. The average Bonchev–Trinajstić information content (AvgIpc) is 2.51. The van der Waals surface area contributed by atoms with E-state index < -0.39 is 0 Å². The first-order valence-electron chi connectivity index (χ1n) is 6.44. The van der Waals surface area contributed by atoms with Crippen LogP contribution in [-0.2, 0) is 9.53 Å². The fourth-order valence-electron chi connectivity index (χ4n) is 2.25. The Morgan fingerprint density at radius 1 is 1.20 bits per heavy atom. The number of ether oxygens (including phenoxy) is 1. The molecule has 1 saturated heterocycles. The van der Waals surface area contributed by atoms with E-state index in [2.05, 4.69) is 6.92 Å². The van der Waals surface area contributed by atoms with Crippen molar-refractivity contribution < 1.29 is 9.53 Å². The Bertz CT molecular complexity index is 189. The molecule has 1 aliphatic heterocycles. The number of esters is 1. The van der Waals surface area contributed by atoms with E-state index in [1.807, 2.05) is 6.92 Å². The molecule has 0 saturated carbocycles. The summed E-state index contributed by atoms with van der Waals surface area (Å²) in [7, 11) is 0. The topological polar surface area (TPSA) is 26.3 Å². The fourth-order valence-corrected chi connectivity index (χ4v) is 2.25. The summed E-state index contributed by atoms with van der Waals surface area (Å²) in [5, 5.41) is 0. The van der Waals surface area contributed by atoms with Gasteiger partial charge in [-0.25, -0.2) is 0 Å². The maximum Gasteiger partial charge on any atom is 0.309 e. The molecule has 88 valence electrons. The van der Waals surface area contributed by atoms with Crippen LogP contribution in [0.25, 0.3) is 0 Å². The molecule has 0 aromatic carbocycles. The van der Waals surface area contributed by atoms with Gasteiger partial charge in [0.2, 0.25) is 0 Å². The van der Waals surface area contributed by atoms with Crippen LogP contribution in [0.4, 0.5) is 0 Å². The van der Waals surface area contributed by atoms with Crippen molar-refractivity contribution in [3.8, 4) is 0 Å². The third-order valence-electron chi connectivity index (χ3n) is 3.17. The molecule has 1 fully saturated rings. The zero-order valence-corrected chi connectivity index (χ0v) is 10.1. The highest BCUT2D eigenvalue weighted by Gasteiger charge is 2.30. The largest absolute Gasteiger partial charge is 0.462 e. The quantitative estimate of drug-likeness (QED) is 0.475. The molecule has 0 aromatic heterocycles. The lowest BCUT2D eigenvalue weighted by molar-refractivity contribution is -0.143. The van der Waals surface area contributed by atoms with Crippen LogP contribution in [0, 0.1) is 5.92 Å². The molecule has 0 aliphatic carbocycles. The molecule has 1 rings (SSSR count). The summed E-state index contributed by atoms with van der Waals surface area (Å²) in [5.41, 5.74) is 0. The zero-order chi connectivity index (χ0) is 11.1. The van der Waals surface area contributed by atoms with Crippen molar-refractivity contribution >= 4 is 5.97 Å². The first-order chi connectivity index (χ1) is 7.24. The van der Waals surface area contributed by atoms with Crippen molar-refractivity contribution in [2.75, 3.05) is 0 Å². The van der Waals surface area contributed by atoms with Gasteiger partial charge >= 0.3 is 5.97 Å². The zero-order valence-electron chi connectivity index (χ0n) is 10.1. The lowest BCUT2D eigenvalue weighted by Crippen LogP contribution is -2.07. The van der Waals surface area contributed by atoms with Crippen LogP contribution in [0.15, 0.2) is 0 Å². The second kappa shape index (κ2) is 6.86. The minimum Gasteiger partial charge on any atom is -0.462 e. The van der Waals surface area contributed by atoms with Crippen LogP contribution < -0.4 is 0 Å². The van der Waals surface area contributed by atoms with Crippen molar-refractivity contribution in [1.29, 1.82) is 0 Å². The molecule has 0 bridgehead atoms. The second-order valence-electron chi connectivity index (χ2n) is 4.74. The molecule has 2 heteroatoms. The van der Waals surface area contributed by atoms with Crippen LogP contribution in [0.5, 0.6) is 0 Å². The van der Waals surface area contributed by atoms with Gasteiger partial charge in [-0.1, -0.05) is 45.4 Å². The molecule has 1 heterocycles. The summed E-state index contributed by atoms with van der Waals surface area (Å²) in [6.45, 7) is 4.22. The van der Waals surface area contributed by atoms with Crippen LogP contribution in [0.1, 0.15) is 65.2 Å². The third kappa shape index (κ3) is 4.67. The first kappa shape index (κ1) is 12.5. The second-order valence-corrected chi connectivity index (χ2v) is 4.74. The van der Waals surface area contributed by atoms with E-state index in [1.54, 1.807) is 0 Å². The fraction of sp³-hybridized carbons (Fsp3) is 0.923. The van der Waals surface area contributed by atoms with E-state index in [-0.39, 0.29) is 18.0 Å². The summed E-state index contributed by atoms with van der Waals surface area (Å²) >= 11 is 0. The van der Waals surface area contributed by atoms with E-state index >= 15 is 0 Å². The lowest BCUT2D eigenvalue weighted by Gasteiger charge is -2.04. The van der Waals surface area contributed by atoms with Crippen LogP contribution in [0.2, 0.25) is 0 Å². The van der Waals surface area contributed by atoms with Crippen molar-refractivity contribution in [2.45, 2.75) is 71.3 Å². The van der Waals surface area contributed by atoms with Crippen molar-refractivity contribution in [3.05, 3.63) is 0 Å². The number of hydrogen-bond donors (Lipinski definition) is 0. The van der Waals surface area contributed by atoms with Crippen LogP contribution in [-0.4, -0.2) is 12.1 Å². The van der Waals surface area contributed by atoms with Gasteiger partial charge in [-0.2, -0.15) is 0 Å². The van der Waals surface area contributed by atoms with Gasteiger partial charge in [0.05, 0.1) is 12.0 Å². The summed E-state index contributed by atoms with van der Waals surface area (Å²) in [4.78, 5) is 11.3. The van der Waals surface area contributed by atoms with Crippen molar-refractivity contribution in [3.63, 3.8) is 0 Å². The molecule has 1 aliphatic rings. The SMILES string of the molecule is CCCCCCCC[C@@H]1CC(C)OC1=O. The van der Waals surface area contributed by atoms with E-state index in [1.165, 1.54) is 38.5 Å². The molecular formula is C13H24O2. The van der Waals surface area contributed by atoms with E-state index in [0.29, 0.717) is 0 Å². The Balaban J connectivity index is 1.98. The minimum atomic E-state index is 0.0380. The maximum absolute atomic E-state index is 11.3. The molecule has 0 N–H and O–H groups in total. The van der Waals surface area contributed by atoms with Gasteiger partial charge in [0.1, 0.15) is 0 Å². The Morgan fingerprint density at radius 2 is 1.87 bits per heavy atom. The van der Waals surface area contributed by atoms with E-state index in [4.69, 9.17) is 4.74 Å². The van der Waals surface area contributed by atoms with Crippen LogP contribution in [0.3, 0.4) is 0 Å². The van der Waals surface area contributed by atoms with E-state index in [0.717, 1.165) is 12.8 Å². The Morgan fingerprint density at radius 3 is 2.47 bits per heavy atom. The highest BCUT2D eigenvalue weighted by atomic mass is 16.5. The smallest absolute Gasteiger partial charge is 0.309 e. The maximum atomic E-state index is 11.3. The highest BCUT2D eigenvalue weighted by molar-refractivity contribution is 5.74. The molecular weight excluding hydrogens is 188 g/mol. The average molecular weight is 212 g/mol. The van der Waals surface area contributed by atoms with Crippen molar-refractivity contribution in [1.82, 2.24) is 0 Å². The first-order valence-corrected chi connectivity index (χ1v) is 6.44. The van der Waals surface area contributed by atoms with Gasteiger partial charge in [0, 0.05) is 0 Å². The number of carbonyl (C=O) groups is 1.